The van der Waals surface area contributed by atoms with Gasteiger partial charge in [-0.3, -0.25) is 9.80 Å². The maximum absolute atomic E-state index is 13.7. The molecule has 7 rings (SSSR count). The van der Waals surface area contributed by atoms with E-state index in [1.165, 1.54) is 30.5 Å². The number of piperazine rings is 2. The van der Waals surface area contributed by atoms with Crippen LogP contribution in [0.5, 0.6) is 5.75 Å². The lowest BCUT2D eigenvalue weighted by Gasteiger charge is -2.53. The van der Waals surface area contributed by atoms with Crippen molar-refractivity contribution in [3.8, 4) is 11.4 Å². The molecule has 0 spiro atoms. The summed E-state index contributed by atoms with van der Waals surface area (Å²) in [5, 5.41) is 10.2. The molecule has 1 saturated carbocycles. The normalized spacial score (nSPS) is 20.3. The Hall–Kier alpha value is -2.93. The van der Waals surface area contributed by atoms with Gasteiger partial charge in [-0.25, -0.2) is 0 Å². The first-order valence-corrected chi connectivity index (χ1v) is 15.7. The highest BCUT2D eigenvalue weighted by Gasteiger charge is 2.43. The molecule has 2 saturated heterocycles. The van der Waals surface area contributed by atoms with E-state index in [0.717, 1.165) is 48.9 Å². The quantitative estimate of drug-likeness (QED) is 0.199. The molecule has 1 aliphatic carbocycles. The Kier molecular flexibility index (Phi) is 12.8. The number of alkyl halides is 3. The van der Waals surface area contributed by atoms with Crippen molar-refractivity contribution in [3.05, 3.63) is 101 Å². The Balaban J connectivity index is 0.00000173. The topological polar surface area (TPSA) is 62.6 Å². The summed E-state index contributed by atoms with van der Waals surface area (Å²) < 4.78 is 47.4. The summed E-state index contributed by atoms with van der Waals surface area (Å²) in [6, 6.07) is 27.0. The van der Waals surface area contributed by atoms with Gasteiger partial charge in [-0.15, -0.1) is 42.3 Å². The summed E-state index contributed by atoms with van der Waals surface area (Å²) in [4.78, 5) is 7.82. The number of nitrogens with zero attached hydrogens (tertiary/aromatic N) is 7. The lowest BCUT2D eigenvalue weighted by molar-refractivity contribution is -0.146. The second kappa shape index (κ2) is 16.2. The summed E-state index contributed by atoms with van der Waals surface area (Å²) in [5.74, 6) is 0.463. The van der Waals surface area contributed by atoms with E-state index >= 15 is 0 Å². The Bertz CT molecular complexity index is 1550. The summed E-state index contributed by atoms with van der Waals surface area (Å²) in [5.41, 5.74) is 3.62. The van der Waals surface area contributed by atoms with Crippen LogP contribution in [0.4, 0.5) is 13.2 Å². The first-order valence-electron chi connectivity index (χ1n) is 15.7. The van der Waals surface area contributed by atoms with Crippen LogP contribution in [-0.4, -0.2) is 93.4 Å². The zero-order valence-corrected chi connectivity index (χ0v) is 29.0. The van der Waals surface area contributed by atoms with Gasteiger partial charge in [-0.2, -0.15) is 17.9 Å². The highest BCUT2D eigenvalue weighted by atomic mass is 35.5. The lowest BCUT2D eigenvalue weighted by atomic mass is 9.81. The predicted molar refractivity (Wildman–Crippen MR) is 186 cm³/mol. The molecule has 0 unspecified atom stereocenters. The third-order valence-electron chi connectivity index (χ3n) is 9.49. The average Bonchev–Trinajstić information content (AvgIpc) is 3.71. The largest absolute Gasteiger partial charge is 0.496 e. The maximum atomic E-state index is 13.7. The molecule has 48 heavy (non-hydrogen) atoms. The lowest BCUT2D eigenvalue weighted by Crippen LogP contribution is -2.66. The minimum atomic E-state index is -4.68. The third-order valence-corrected chi connectivity index (χ3v) is 9.49. The molecule has 0 radical (unpaired) electrons. The fraction of sp³-hybridized carbons (Fsp3) is 0.441. The van der Waals surface area contributed by atoms with Crippen molar-refractivity contribution < 1.29 is 17.9 Å². The van der Waals surface area contributed by atoms with Gasteiger partial charge in [0, 0.05) is 69.4 Å². The number of halogens is 6. The minimum Gasteiger partial charge on any atom is -0.496 e. The predicted octanol–water partition coefficient (Wildman–Crippen LogP) is 6.37. The van der Waals surface area contributed by atoms with Crippen LogP contribution >= 0.6 is 37.2 Å². The van der Waals surface area contributed by atoms with E-state index in [1.807, 2.05) is 0 Å². The molecule has 1 aromatic heterocycles. The zero-order chi connectivity index (χ0) is 31.0. The van der Waals surface area contributed by atoms with E-state index in [-0.39, 0.29) is 54.9 Å². The van der Waals surface area contributed by atoms with E-state index in [2.05, 4.69) is 90.9 Å². The number of ether oxygens (including phenoxy) is 1. The Labute approximate surface area is 297 Å². The van der Waals surface area contributed by atoms with Crippen molar-refractivity contribution in [2.24, 2.45) is 5.92 Å². The van der Waals surface area contributed by atoms with Gasteiger partial charge in [0.2, 0.25) is 0 Å². The van der Waals surface area contributed by atoms with Crippen molar-refractivity contribution in [1.29, 1.82) is 0 Å². The number of rotatable bonds is 9. The molecule has 0 amide bonds. The fourth-order valence-electron chi connectivity index (χ4n) is 7.29. The monoisotopic (exact) mass is 725 g/mol. The maximum Gasteiger partial charge on any atom is 0.453 e. The van der Waals surface area contributed by atoms with E-state index in [0.29, 0.717) is 18.3 Å². The molecule has 3 aliphatic rings. The number of hydrogen-bond acceptors (Lipinski definition) is 7. The third kappa shape index (κ3) is 8.26. The number of methoxy groups -OCH3 is 1. The molecular weight excluding hydrogens is 686 g/mol. The number of aromatic nitrogens is 4. The zero-order valence-electron chi connectivity index (χ0n) is 26.6. The van der Waals surface area contributed by atoms with Crippen LogP contribution < -0.4 is 4.74 Å². The fourth-order valence-corrected chi connectivity index (χ4v) is 7.29. The van der Waals surface area contributed by atoms with Crippen LogP contribution in [0.3, 0.4) is 0 Å². The van der Waals surface area contributed by atoms with Gasteiger partial charge >= 0.3 is 6.18 Å². The molecule has 4 aromatic rings. The van der Waals surface area contributed by atoms with Gasteiger partial charge in [-0.1, -0.05) is 60.7 Å². The van der Waals surface area contributed by atoms with Crippen LogP contribution in [0.25, 0.3) is 5.69 Å². The molecule has 2 aliphatic heterocycles. The number of tetrazole rings is 1. The Morgan fingerprint density at radius 3 is 2.08 bits per heavy atom. The van der Waals surface area contributed by atoms with Crippen LogP contribution in [0.15, 0.2) is 78.9 Å². The average molecular weight is 727 g/mol. The molecule has 0 bridgehead atoms. The van der Waals surface area contributed by atoms with Gasteiger partial charge in [0.15, 0.2) is 0 Å². The van der Waals surface area contributed by atoms with E-state index in [4.69, 9.17) is 4.74 Å². The first kappa shape index (κ1) is 37.9. The first-order chi connectivity index (χ1) is 21.9. The molecule has 0 N–H and O–H groups in total. The number of fused-ring (bicyclic) bond motifs is 1. The highest BCUT2D eigenvalue weighted by molar-refractivity contribution is 5.86. The highest BCUT2D eigenvalue weighted by Crippen LogP contribution is 2.38. The van der Waals surface area contributed by atoms with Crippen molar-refractivity contribution in [1.82, 2.24) is 34.9 Å². The molecule has 14 heteroatoms. The Morgan fingerprint density at radius 2 is 1.48 bits per heavy atom. The second-order valence-corrected chi connectivity index (χ2v) is 12.6. The van der Waals surface area contributed by atoms with Gasteiger partial charge < -0.3 is 9.64 Å². The number of hydrogen-bond donors (Lipinski definition) is 0. The number of benzene rings is 3. The standard InChI is InChI=1S/C34H38F3N7O.3ClH/c1-45-31-15-14-28(44-33(34(35,36)37)38-39-40-44)18-27(31)20-42-22-29-21-41(19-24-12-13-24)16-17-43(29)30(23-42)32(25-8-4-2-5-9-25)26-10-6-3-7-11-26;;;/h2-11,14-15,18,24,29-30,32H,12-13,16-17,19-23H2,1H3;3*1H/t29-,30-;;;/m0.../s1. The molecule has 3 aromatic carbocycles. The Morgan fingerprint density at radius 1 is 0.833 bits per heavy atom. The summed E-state index contributed by atoms with van der Waals surface area (Å²) >= 11 is 0. The summed E-state index contributed by atoms with van der Waals surface area (Å²) in [7, 11) is 1.59. The molecule has 8 nitrogen and oxygen atoms in total. The van der Waals surface area contributed by atoms with Crippen molar-refractivity contribution in [2.75, 3.05) is 46.4 Å². The SMILES string of the molecule is COc1ccc(-n2nnnc2C(F)(F)F)cc1CN1C[C@@H]2CN(CC3CC3)CCN2[C@H](C(c2ccccc2)c2ccccc2)C1.Cl.Cl.Cl. The van der Waals surface area contributed by atoms with Gasteiger partial charge in [-0.05, 0) is 58.5 Å². The molecule has 260 valence electrons. The molecule has 3 heterocycles. The van der Waals surface area contributed by atoms with Gasteiger partial charge in [0.05, 0.1) is 12.8 Å². The van der Waals surface area contributed by atoms with Crippen LogP contribution in [0.1, 0.15) is 41.3 Å². The second-order valence-electron chi connectivity index (χ2n) is 12.6. The summed E-state index contributed by atoms with van der Waals surface area (Å²) in [6.45, 7) is 6.46. The van der Waals surface area contributed by atoms with Crippen molar-refractivity contribution >= 4 is 37.2 Å². The smallest absolute Gasteiger partial charge is 0.453 e. The summed E-state index contributed by atoms with van der Waals surface area (Å²) in [6.07, 6.45) is -2.02. The van der Waals surface area contributed by atoms with Crippen molar-refractivity contribution in [3.63, 3.8) is 0 Å². The van der Waals surface area contributed by atoms with Crippen LogP contribution in [-0.2, 0) is 12.7 Å². The minimum absolute atomic E-state index is 0. The van der Waals surface area contributed by atoms with E-state index < -0.39 is 12.0 Å². The van der Waals surface area contributed by atoms with E-state index in [9.17, 15) is 13.2 Å². The molecule has 3 fully saturated rings. The molecule has 2 atom stereocenters. The molecular formula is C34H41Cl3F3N7O. The van der Waals surface area contributed by atoms with E-state index in [1.54, 1.807) is 25.3 Å². The van der Waals surface area contributed by atoms with Crippen molar-refractivity contribution in [2.45, 2.75) is 43.6 Å². The van der Waals surface area contributed by atoms with Crippen LogP contribution in [0.2, 0.25) is 0 Å². The van der Waals surface area contributed by atoms with Gasteiger partial charge in [0.25, 0.3) is 5.82 Å². The van der Waals surface area contributed by atoms with Crippen LogP contribution in [0, 0.1) is 5.92 Å². The van der Waals surface area contributed by atoms with Gasteiger partial charge in [0.1, 0.15) is 5.75 Å².